The monoisotopic (exact) mass is 448 g/mol. The molecule has 2 bridgehead atoms. The van der Waals surface area contributed by atoms with E-state index in [0.717, 1.165) is 42.5 Å². The molecule has 2 aromatic rings. The Kier molecular flexibility index (Phi) is 4.90. The zero-order valence-electron chi connectivity index (χ0n) is 16.7. The molecule has 1 aliphatic carbocycles. The first-order chi connectivity index (χ1) is 14.8. The highest BCUT2D eigenvalue weighted by Gasteiger charge is 2.55. The molecule has 3 aliphatic rings. The second-order valence-corrected chi connectivity index (χ2v) is 8.66. The molecule has 0 saturated carbocycles. The van der Waals surface area contributed by atoms with E-state index in [1.54, 1.807) is 12.1 Å². The zero-order valence-corrected chi connectivity index (χ0v) is 17.5. The number of rotatable bonds is 4. The molecule has 0 N–H and O–H groups in total. The van der Waals surface area contributed by atoms with Gasteiger partial charge in [0, 0.05) is 11.5 Å². The minimum Gasteiger partial charge on any atom is -0.456 e. The molecule has 0 radical (unpaired) electrons. The number of aryl methyl sites for hydroxylation is 1. The Morgan fingerprint density at radius 1 is 1.13 bits per heavy atom. The van der Waals surface area contributed by atoms with Crippen LogP contribution in [0.15, 0.2) is 42.5 Å². The standard InChI is InChI=1S/C24H20ClF3O3/c1-2-12-3-5-14(30-20-6-4-13(9-18(20)25)24(26,27)28)10-15(12)16-11-17-19-7-8-21(31-19)22(17)23(16)29/h3-6,9-11,17,19,21-22H,2,7-8H2,1H3. The normalized spacial score (nSPS) is 26.9. The number of benzene rings is 2. The summed E-state index contributed by atoms with van der Waals surface area (Å²) in [5, 5.41) is -0.129. The number of alkyl halides is 3. The van der Waals surface area contributed by atoms with Crippen molar-refractivity contribution >= 4 is 23.0 Å². The minimum absolute atomic E-state index is 0.00622. The van der Waals surface area contributed by atoms with Crippen molar-refractivity contribution in [2.75, 3.05) is 0 Å². The maximum atomic E-state index is 13.2. The largest absolute Gasteiger partial charge is 0.456 e. The zero-order chi connectivity index (χ0) is 21.9. The van der Waals surface area contributed by atoms with Crippen LogP contribution in [0.1, 0.15) is 36.5 Å². The van der Waals surface area contributed by atoms with Gasteiger partial charge in [0.2, 0.25) is 0 Å². The fourth-order valence-electron chi connectivity index (χ4n) is 5.01. The summed E-state index contributed by atoms with van der Waals surface area (Å²) in [6, 6.07) is 8.39. The molecule has 0 spiro atoms. The Morgan fingerprint density at radius 3 is 2.58 bits per heavy atom. The molecule has 0 aromatic heterocycles. The van der Waals surface area contributed by atoms with Gasteiger partial charge < -0.3 is 9.47 Å². The van der Waals surface area contributed by atoms with E-state index in [2.05, 4.69) is 0 Å². The number of carbonyl (C=O) groups excluding carboxylic acids is 1. The van der Waals surface area contributed by atoms with Crippen LogP contribution in [0.5, 0.6) is 11.5 Å². The van der Waals surface area contributed by atoms with Crippen molar-refractivity contribution in [1.29, 1.82) is 0 Å². The molecular formula is C24H20ClF3O3. The number of hydrogen-bond donors (Lipinski definition) is 0. The van der Waals surface area contributed by atoms with Crippen molar-refractivity contribution in [2.45, 2.75) is 44.6 Å². The molecular weight excluding hydrogens is 429 g/mol. The van der Waals surface area contributed by atoms with Crippen molar-refractivity contribution in [3.8, 4) is 11.5 Å². The summed E-state index contributed by atoms with van der Waals surface area (Å²) in [4.78, 5) is 13.2. The summed E-state index contributed by atoms with van der Waals surface area (Å²) in [5.74, 6) is 0.669. The fourth-order valence-corrected chi connectivity index (χ4v) is 5.23. The Balaban J connectivity index is 1.46. The predicted octanol–water partition coefficient (Wildman–Crippen LogP) is 6.47. The molecule has 2 heterocycles. The first kappa shape index (κ1) is 20.6. The lowest BCUT2D eigenvalue weighted by Gasteiger charge is -2.18. The Hall–Kier alpha value is -2.31. The van der Waals surface area contributed by atoms with Crippen LogP contribution in [0, 0.1) is 11.8 Å². The van der Waals surface area contributed by atoms with E-state index in [1.807, 2.05) is 19.1 Å². The van der Waals surface area contributed by atoms with Crippen molar-refractivity contribution in [1.82, 2.24) is 0 Å². The molecule has 2 fully saturated rings. The lowest BCUT2D eigenvalue weighted by molar-refractivity contribution is -0.137. The van der Waals surface area contributed by atoms with Gasteiger partial charge in [-0.1, -0.05) is 30.7 Å². The Morgan fingerprint density at radius 2 is 1.90 bits per heavy atom. The summed E-state index contributed by atoms with van der Waals surface area (Å²) in [6.45, 7) is 2.01. The third-order valence-electron chi connectivity index (χ3n) is 6.50. The molecule has 2 aliphatic heterocycles. The first-order valence-electron chi connectivity index (χ1n) is 10.4. The lowest BCUT2D eigenvalue weighted by Crippen LogP contribution is -2.28. The Labute approximate surface area is 182 Å². The number of allylic oxidation sites excluding steroid dienone is 1. The maximum Gasteiger partial charge on any atom is 0.416 e. The van der Waals surface area contributed by atoms with Crippen LogP contribution < -0.4 is 4.74 Å². The highest BCUT2D eigenvalue weighted by Crippen LogP contribution is 2.51. The van der Waals surface area contributed by atoms with E-state index in [0.29, 0.717) is 11.3 Å². The van der Waals surface area contributed by atoms with Gasteiger partial charge in [-0.25, -0.2) is 0 Å². The average Bonchev–Trinajstić information content (AvgIpc) is 3.42. The molecule has 2 aromatic carbocycles. The van der Waals surface area contributed by atoms with E-state index >= 15 is 0 Å². The van der Waals surface area contributed by atoms with Crippen LogP contribution in [0.25, 0.3) is 5.57 Å². The van der Waals surface area contributed by atoms with Gasteiger partial charge >= 0.3 is 6.18 Å². The molecule has 7 heteroatoms. The van der Waals surface area contributed by atoms with Crippen LogP contribution in [0.3, 0.4) is 0 Å². The SMILES string of the molecule is CCc1ccc(Oc2ccc(C(F)(F)F)cc2Cl)cc1C1=CC2C3CCC(O3)C2C1=O. The fraction of sp³-hybridized carbons (Fsp3) is 0.375. The smallest absolute Gasteiger partial charge is 0.416 e. The number of ether oxygens (including phenoxy) is 2. The van der Waals surface area contributed by atoms with Crippen molar-refractivity contribution < 1.29 is 27.4 Å². The lowest BCUT2D eigenvalue weighted by atomic mass is 9.81. The summed E-state index contributed by atoms with van der Waals surface area (Å²) >= 11 is 6.03. The number of Topliss-reactive ketones (excluding diaryl/α,β-unsaturated/α-hetero) is 1. The predicted molar refractivity (Wildman–Crippen MR) is 110 cm³/mol. The summed E-state index contributed by atoms with van der Waals surface area (Å²) < 4.78 is 50.4. The van der Waals surface area contributed by atoms with Gasteiger partial charge in [-0.05, 0) is 60.7 Å². The third kappa shape index (κ3) is 3.46. The molecule has 0 amide bonds. The molecule has 4 unspecified atom stereocenters. The van der Waals surface area contributed by atoms with Crippen molar-refractivity contribution in [3.63, 3.8) is 0 Å². The van der Waals surface area contributed by atoms with E-state index < -0.39 is 11.7 Å². The van der Waals surface area contributed by atoms with Gasteiger partial charge in [-0.3, -0.25) is 4.79 Å². The third-order valence-corrected chi connectivity index (χ3v) is 6.79. The van der Waals surface area contributed by atoms with Crippen molar-refractivity contribution in [2.24, 2.45) is 11.8 Å². The van der Waals surface area contributed by atoms with E-state index in [9.17, 15) is 18.0 Å². The summed E-state index contributed by atoms with van der Waals surface area (Å²) in [5.41, 5.74) is 1.67. The van der Waals surface area contributed by atoms with E-state index in [4.69, 9.17) is 21.1 Å². The molecule has 162 valence electrons. The Bertz CT molecular complexity index is 1090. The number of hydrogen-bond acceptors (Lipinski definition) is 3. The highest BCUT2D eigenvalue weighted by atomic mass is 35.5. The molecule has 4 atom stereocenters. The van der Waals surface area contributed by atoms with Gasteiger partial charge in [0.15, 0.2) is 5.78 Å². The molecule has 31 heavy (non-hydrogen) atoms. The quantitative estimate of drug-likeness (QED) is 0.537. The number of halogens is 4. The van der Waals surface area contributed by atoms with E-state index in [-0.39, 0.29) is 40.6 Å². The van der Waals surface area contributed by atoms with Gasteiger partial charge in [0.1, 0.15) is 11.5 Å². The van der Waals surface area contributed by atoms with Gasteiger partial charge in [-0.15, -0.1) is 0 Å². The number of fused-ring (bicyclic) bond motifs is 5. The van der Waals surface area contributed by atoms with Crippen molar-refractivity contribution in [3.05, 3.63) is 64.2 Å². The molecule has 2 saturated heterocycles. The van der Waals surface area contributed by atoms with Crippen LogP contribution >= 0.6 is 11.6 Å². The van der Waals surface area contributed by atoms with Crippen LogP contribution in [0.2, 0.25) is 5.02 Å². The number of ketones is 1. The second kappa shape index (κ2) is 7.38. The van der Waals surface area contributed by atoms with Crippen LogP contribution in [-0.4, -0.2) is 18.0 Å². The van der Waals surface area contributed by atoms with Crippen LogP contribution in [-0.2, 0) is 22.1 Å². The topological polar surface area (TPSA) is 35.5 Å². The van der Waals surface area contributed by atoms with Gasteiger partial charge in [0.05, 0.1) is 28.7 Å². The average molecular weight is 449 g/mol. The molecule has 5 rings (SSSR count). The second-order valence-electron chi connectivity index (χ2n) is 8.26. The summed E-state index contributed by atoms with van der Waals surface area (Å²) in [6.07, 6.45) is 0.335. The minimum atomic E-state index is -4.48. The van der Waals surface area contributed by atoms with Gasteiger partial charge in [-0.2, -0.15) is 13.2 Å². The summed E-state index contributed by atoms with van der Waals surface area (Å²) in [7, 11) is 0. The van der Waals surface area contributed by atoms with Crippen LogP contribution in [0.4, 0.5) is 13.2 Å². The molecule has 3 nitrogen and oxygen atoms in total. The maximum absolute atomic E-state index is 13.2. The first-order valence-corrected chi connectivity index (χ1v) is 10.7. The highest BCUT2D eigenvalue weighted by molar-refractivity contribution is 6.32. The number of carbonyl (C=O) groups is 1. The van der Waals surface area contributed by atoms with E-state index in [1.165, 1.54) is 6.07 Å². The van der Waals surface area contributed by atoms with Gasteiger partial charge in [0.25, 0.3) is 0 Å².